The van der Waals surface area contributed by atoms with Crippen molar-refractivity contribution in [2.75, 3.05) is 26.3 Å². The van der Waals surface area contributed by atoms with Crippen molar-refractivity contribution < 1.29 is 19.4 Å². The van der Waals surface area contributed by atoms with Crippen LogP contribution in [0.3, 0.4) is 0 Å². The lowest BCUT2D eigenvalue weighted by Crippen LogP contribution is -2.60. The molecule has 2 fully saturated rings. The fourth-order valence-corrected chi connectivity index (χ4v) is 3.39. The van der Waals surface area contributed by atoms with E-state index in [-0.39, 0.29) is 12.0 Å². The second-order valence-corrected chi connectivity index (χ2v) is 6.30. The molecule has 2 saturated heterocycles. The molecule has 0 aromatic heterocycles. The first-order valence-electron chi connectivity index (χ1n) is 7.87. The quantitative estimate of drug-likeness (QED) is 0.900. The molecule has 2 aliphatic rings. The predicted octanol–water partition coefficient (Wildman–Crippen LogP) is 1.52. The molecular formula is C17H23NO4. The molecule has 0 bridgehead atoms. The lowest BCUT2D eigenvalue weighted by Gasteiger charge is -2.47. The topological polar surface area (TPSA) is 59.0 Å². The minimum absolute atomic E-state index is 0.0534. The van der Waals surface area contributed by atoms with Gasteiger partial charge in [0.1, 0.15) is 5.60 Å². The van der Waals surface area contributed by atoms with Gasteiger partial charge in [0.05, 0.1) is 19.3 Å². The lowest BCUT2D eigenvalue weighted by atomic mass is 9.93. The van der Waals surface area contributed by atoms with Crippen LogP contribution in [0.2, 0.25) is 0 Å². The van der Waals surface area contributed by atoms with Crippen LogP contribution in [0, 0.1) is 0 Å². The third-order valence-corrected chi connectivity index (χ3v) is 4.35. The Bertz CT molecular complexity index is 513. The Kier molecular flexibility index (Phi) is 4.47. The molecular weight excluding hydrogens is 282 g/mol. The highest BCUT2D eigenvalue weighted by molar-refractivity contribution is 5.82. The first-order valence-corrected chi connectivity index (χ1v) is 7.87. The summed E-state index contributed by atoms with van der Waals surface area (Å²) in [5.74, 6) is -0.258. The molecule has 22 heavy (non-hydrogen) atoms. The number of hydrogen-bond donors (Lipinski definition) is 1. The molecule has 0 radical (unpaired) electrons. The van der Waals surface area contributed by atoms with E-state index in [2.05, 4.69) is 0 Å². The predicted molar refractivity (Wildman–Crippen MR) is 81.3 cm³/mol. The van der Waals surface area contributed by atoms with Gasteiger partial charge in [-0.1, -0.05) is 30.3 Å². The van der Waals surface area contributed by atoms with Crippen molar-refractivity contribution in [3.8, 4) is 0 Å². The summed E-state index contributed by atoms with van der Waals surface area (Å²) in [6.45, 7) is 4.22. The first-order chi connectivity index (χ1) is 10.6. The molecule has 0 saturated carbocycles. The monoisotopic (exact) mass is 305 g/mol. The van der Waals surface area contributed by atoms with Crippen molar-refractivity contribution in [3.63, 3.8) is 0 Å². The number of rotatable bonds is 2. The highest BCUT2D eigenvalue weighted by Crippen LogP contribution is 2.31. The highest BCUT2D eigenvalue weighted by atomic mass is 16.6. The van der Waals surface area contributed by atoms with E-state index in [4.69, 9.17) is 9.47 Å². The van der Waals surface area contributed by atoms with Crippen LogP contribution in [-0.4, -0.2) is 53.9 Å². The van der Waals surface area contributed by atoms with Crippen molar-refractivity contribution in [2.24, 2.45) is 0 Å². The molecule has 0 unspecified atom stereocenters. The fraction of sp³-hybridized carbons (Fsp3) is 0.588. The standard InChI is InChI=1S/C17H23NO4/c1-13-10-18(11-17(22-13)8-5-9-21-12-17)16(20)15(19)14-6-3-2-4-7-14/h2-4,6-7,13,15,19H,5,8-12H2,1H3/t13-,15+,17-/m1/s1. The number of carbonyl (C=O) groups is 1. The van der Waals surface area contributed by atoms with E-state index in [1.807, 2.05) is 25.1 Å². The van der Waals surface area contributed by atoms with Crippen LogP contribution in [0.15, 0.2) is 30.3 Å². The Hall–Kier alpha value is -1.43. The molecule has 120 valence electrons. The van der Waals surface area contributed by atoms with Gasteiger partial charge < -0.3 is 19.5 Å². The number of aliphatic hydroxyl groups excluding tert-OH is 1. The summed E-state index contributed by atoms with van der Waals surface area (Å²) in [4.78, 5) is 14.4. The Morgan fingerprint density at radius 2 is 2.18 bits per heavy atom. The van der Waals surface area contributed by atoms with Gasteiger partial charge in [0.2, 0.25) is 0 Å². The van der Waals surface area contributed by atoms with Crippen LogP contribution in [0.4, 0.5) is 0 Å². The van der Waals surface area contributed by atoms with E-state index >= 15 is 0 Å². The smallest absolute Gasteiger partial charge is 0.256 e. The van der Waals surface area contributed by atoms with Gasteiger partial charge in [0.25, 0.3) is 5.91 Å². The molecule has 3 atom stereocenters. The number of carbonyl (C=O) groups excluding carboxylic acids is 1. The maximum absolute atomic E-state index is 12.6. The van der Waals surface area contributed by atoms with Crippen molar-refractivity contribution >= 4 is 5.91 Å². The number of hydrogen-bond acceptors (Lipinski definition) is 4. The summed E-state index contributed by atoms with van der Waals surface area (Å²) in [5.41, 5.74) is 0.211. The summed E-state index contributed by atoms with van der Waals surface area (Å²) in [6, 6.07) is 9.05. The second kappa shape index (κ2) is 6.36. The van der Waals surface area contributed by atoms with Gasteiger partial charge in [-0.25, -0.2) is 0 Å². The van der Waals surface area contributed by atoms with Crippen LogP contribution < -0.4 is 0 Å². The van der Waals surface area contributed by atoms with Crippen molar-refractivity contribution in [1.82, 2.24) is 4.90 Å². The molecule has 3 rings (SSSR count). The normalized spacial score (nSPS) is 30.3. The van der Waals surface area contributed by atoms with Crippen LogP contribution in [-0.2, 0) is 14.3 Å². The van der Waals surface area contributed by atoms with E-state index in [0.717, 1.165) is 19.4 Å². The zero-order valence-electron chi connectivity index (χ0n) is 12.9. The molecule has 1 aromatic rings. The van der Waals surface area contributed by atoms with Gasteiger partial charge in [-0.3, -0.25) is 4.79 Å². The fourth-order valence-electron chi connectivity index (χ4n) is 3.39. The number of nitrogens with zero attached hydrogens (tertiary/aromatic N) is 1. The number of aliphatic hydroxyl groups is 1. The minimum Gasteiger partial charge on any atom is -0.378 e. The van der Waals surface area contributed by atoms with Gasteiger partial charge in [0, 0.05) is 13.2 Å². The van der Waals surface area contributed by atoms with Gasteiger partial charge in [0.15, 0.2) is 6.10 Å². The third-order valence-electron chi connectivity index (χ3n) is 4.35. The molecule has 1 amide bonds. The highest BCUT2D eigenvalue weighted by Gasteiger charge is 2.43. The summed E-state index contributed by atoms with van der Waals surface area (Å²) in [7, 11) is 0. The van der Waals surface area contributed by atoms with Gasteiger partial charge in [-0.2, -0.15) is 0 Å². The van der Waals surface area contributed by atoms with Crippen molar-refractivity contribution in [2.45, 2.75) is 37.6 Å². The zero-order chi connectivity index (χ0) is 15.6. The maximum atomic E-state index is 12.6. The van der Waals surface area contributed by atoms with Crippen LogP contribution in [0.1, 0.15) is 31.4 Å². The van der Waals surface area contributed by atoms with Crippen LogP contribution in [0.25, 0.3) is 0 Å². The van der Waals surface area contributed by atoms with E-state index in [9.17, 15) is 9.90 Å². The van der Waals surface area contributed by atoms with Crippen LogP contribution in [0.5, 0.6) is 0 Å². The molecule has 2 aliphatic heterocycles. The number of benzene rings is 1. The maximum Gasteiger partial charge on any atom is 0.256 e. The van der Waals surface area contributed by atoms with Gasteiger partial charge in [-0.05, 0) is 25.3 Å². The SMILES string of the molecule is C[C@@H]1CN(C(=O)[C@@H](O)c2ccccc2)C[C@@]2(CCCOC2)O1. The van der Waals surface area contributed by atoms with E-state index in [1.165, 1.54) is 0 Å². The van der Waals surface area contributed by atoms with Crippen molar-refractivity contribution in [3.05, 3.63) is 35.9 Å². The van der Waals surface area contributed by atoms with E-state index in [1.54, 1.807) is 17.0 Å². The average Bonchev–Trinajstić information content (AvgIpc) is 2.54. The van der Waals surface area contributed by atoms with E-state index < -0.39 is 11.7 Å². The second-order valence-electron chi connectivity index (χ2n) is 6.30. The number of amides is 1. The molecule has 0 aliphatic carbocycles. The Morgan fingerprint density at radius 1 is 1.41 bits per heavy atom. The lowest BCUT2D eigenvalue weighted by molar-refractivity contribution is -0.202. The van der Waals surface area contributed by atoms with E-state index in [0.29, 0.717) is 25.3 Å². The van der Waals surface area contributed by atoms with Gasteiger partial charge >= 0.3 is 0 Å². The minimum atomic E-state index is -1.12. The first kappa shape index (κ1) is 15.5. The summed E-state index contributed by atoms with van der Waals surface area (Å²) < 4.78 is 11.6. The zero-order valence-corrected chi connectivity index (χ0v) is 12.9. The van der Waals surface area contributed by atoms with Crippen molar-refractivity contribution in [1.29, 1.82) is 0 Å². The molecule has 1 N–H and O–H groups in total. The Morgan fingerprint density at radius 3 is 2.86 bits per heavy atom. The largest absolute Gasteiger partial charge is 0.378 e. The number of ether oxygens (including phenoxy) is 2. The summed E-state index contributed by atoms with van der Waals surface area (Å²) in [5, 5.41) is 10.4. The summed E-state index contributed by atoms with van der Waals surface area (Å²) in [6.07, 6.45) is 0.661. The van der Waals surface area contributed by atoms with Gasteiger partial charge in [-0.15, -0.1) is 0 Å². The average molecular weight is 305 g/mol. The Labute approximate surface area is 130 Å². The third kappa shape index (κ3) is 3.16. The molecule has 2 heterocycles. The molecule has 5 heteroatoms. The Balaban J connectivity index is 1.74. The molecule has 1 aromatic carbocycles. The molecule has 5 nitrogen and oxygen atoms in total. The molecule has 1 spiro atoms. The summed E-state index contributed by atoms with van der Waals surface area (Å²) >= 11 is 0. The number of morpholine rings is 1. The van der Waals surface area contributed by atoms with Crippen LogP contribution >= 0.6 is 0 Å².